The Balaban J connectivity index is 2.20. The molecular weight excluding hydrogens is 224 g/mol. The minimum absolute atomic E-state index is 0.659. The van der Waals surface area contributed by atoms with Crippen LogP contribution in [0, 0.1) is 12.8 Å². The second-order valence-corrected chi connectivity index (χ2v) is 4.68. The minimum Gasteiger partial charge on any atom is -0.384 e. The molecule has 0 spiro atoms. The monoisotopic (exact) mass is 244 g/mol. The number of aromatic amines is 1. The van der Waals surface area contributed by atoms with E-state index in [2.05, 4.69) is 40.4 Å². The highest BCUT2D eigenvalue weighted by atomic mass is 15.2. The van der Waals surface area contributed by atoms with Gasteiger partial charge in [-0.2, -0.15) is 5.10 Å². The zero-order chi connectivity index (χ0) is 13.0. The molecule has 0 fully saturated rings. The van der Waals surface area contributed by atoms with Crippen molar-refractivity contribution in [2.45, 2.75) is 27.2 Å². The summed E-state index contributed by atoms with van der Waals surface area (Å²) < 4.78 is 0. The van der Waals surface area contributed by atoms with Crippen LogP contribution in [0.4, 0.5) is 5.69 Å². The molecule has 0 aliphatic carbocycles. The van der Waals surface area contributed by atoms with Crippen LogP contribution in [-0.4, -0.2) is 21.7 Å². The number of nitrogens with one attached hydrogen (secondary N) is 2. The molecule has 1 aromatic heterocycles. The first-order valence-corrected chi connectivity index (χ1v) is 6.43. The van der Waals surface area contributed by atoms with E-state index in [0.29, 0.717) is 5.92 Å². The maximum atomic E-state index is 4.38. The lowest BCUT2D eigenvalue weighted by Crippen LogP contribution is -2.10. The van der Waals surface area contributed by atoms with E-state index in [1.807, 2.05) is 25.1 Å². The Hall–Kier alpha value is -1.84. The van der Waals surface area contributed by atoms with E-state index in [9.17, 15) is 0 Å². The maximum Gasteiger partial charge on any atom is 0.183 e. The van der Waals surface area contributed by atoms with Crippen molar-refractivity contribution in [3.05, 3.63) is 30.1 Å². The van der Waals surface area contributed by atoms with Crippen molar-refractivity contribution < 1.29 is 0 Å². The van der Waals surface area contributed by atoms with Gasteiger partial charge in [-0.25, -0.2) is 4.98 Å². The fraction of sp³-hybridized carbons (Fsp3) is 0.429. The molecule has 0 amide bonds. The smallest absolute Gasteiger partial charge is 0.183 e. The predicted molar refractivity (Wildman–Crippen MR) is 74.5 cm³/mol. The summed E-state index contributed by atoms with van der Waals surface area (Å²) in [5.41, 5.74) is 2.14. The summed E-state index contributed by atoms with van der Waals surface area (Å²) in [5, 5.41) is 10.6. The van der Waals surface area contributed by atoms with Crippen LogP contribution < -0.4 is 5.32 Å². The number of rotatable bonds is 5. The Morgan fingerprint density at radius 3 is 2.78 bits per heavy atom. The Bertz CT molecular complexity index is 504. The summed E-state index contributed by atoms with van der Waals surface area (Å²) in [6.07, 6.45) is 1.18. The number of hydrogen-bond acceptors (Lipinski definition) is 3. The van der Waals surface area contributed by atoms with E-state index >= 15 is 0 Å². The van der Waals surface area contributed by atoms with Gasteiger partial charge in [0.2, 0.25) is 0 Å². The Morgan fingerprint density at radius 1 is 1.33 bits per heavy atom. The van der Waals surface area contributed by atoms with Crippen molar-refractivity contribution in [3.63, 3.8) is 0 Å². The van der Waals surface area contributed by atoms with Crippen LogP contribution in [0.25, 0.3) is 11.4 Å². The number of para-hydroxylation sites is 1. The largest absolute Gasteiger partial charge is 0.384 e. The van der Waals surface area contributed by atoms with Crippen molar-refractivity contribution in [2.24, 2.45) is 5.92 Å². The molecule has 1 aromatic carbocycles. The molecule has 4 heteroatoms. The van der Waals surface area contributed by atoms with E-state index in [0.717, 1.165) is 29.4 Å². The first-order valence-electron chi connectivity index (χ1n) is 6.43. The molecule has 0 saturated carbocycles. The van der Waals surface area contributed by atoms with Crippen LogP contribution in [0.3, 0.4) is 0 Å². The number of nitrogens with zero attached hydrogens (tertiary/aromatic N) is 2. The lowest BCUT2D eigenvalue weighted by molar-refractivity contribution is 0.593. The molecule has 2 N–H and O–H groups in total. The lowest BCUT2D eigenvalue weighted by Gasteiger charge is -2.13. The van der Waals surface area contributed by atoms with Crippen LogP contribution in [0.1, 0.15) is 26.1 Å². The number of anilines is 1. The third-order valence-electron chi connectivity index (χ3n) is 3.10. The molecule has 0 aliphatic rings. The van der Waals surface area contributed by atoms with Gasteiger partial charge in [0.15, 0.2) is 5.82 Å². The molecule has 0 aliphatic heterocycles. The summed E-state index contributed by atoms with van der Waals surface area (Å²) in [5.74, 6) is 2.24. The summed E-state index contributed by atoms with van der Waals surface area (Å²) >= 11 is 0. The average Bonchev–Trinajstić information content (AvgIpc) is 2.83. The minimum atomic E-state index is 0.659. The van der Waals surface area contributed by atoms with Gasteiger partial charge in [0.05, 0.1) is 0 Å². The van der Waals surface area contributed by atoms with Gasteiger partial charge in [-0.3, -0.25) is 5.10 Å². The van der Waals surface area contributed by atoms with Crippen molar-refractivity contribution in [3.8, 4) is 11.4 Å². The quantitative estimate of drug-likeness (QED) is 0.849. The highest BCUT2D eigenvalue weighted by Crippen LogP contribution is 2.25. The van der Waals surface area contributed by atoms with E-state index in [-0.39, 0.29) is 0 Å². The molecule has 0 saturated heterocycles. The van der Waals surface area contributed by atoms with Gasteiger partial charge in [0.25, 0.3) is 0 Å². The molecule has 0 radical (unpaired) electrons. The van der Waals surface area contributed by atoms with Crippen molar-refractivity contribution in [1.82, 2.24) is 15.2 Å². The van der Waals surface area contributed by atoms with Crippen LogP contribution in [0.5, 0.6) is 0 Å². The van der Waals surface area contributed by atoms with Crippen LogP contribution in [0.2, 0.25) is 0 Å². The van der Waals surface area contributed by atoms with Gasteiger partial charge < -0.3 is 5.32 Å². The van der Waals surface area contributed by atoms with Gasteiger partial charge in [0.1, 0.15) is 5.82 Å². The normalized spacial score (nSPS) is 12.4. The van der Waals surface area contributed by atoms with Crippen molar-refractivity contribution in [2.75, 3.05) is 11.9 Å². The average molecular weight is 244 g/mol. The molecule has 96 valence electrons. The number of hydrogen-bond donors (Lipinski definition) is 2. The SMILES string of the molecule is CCC(C)CNc1ccccc1-c1n[nH]c(C)n1. The molecular formula is C14H20N4. The molecule has 4 nitrogen and oxygen atoms in total. The van der Waals surface area contributed by atoms with Crippen LogP contribution in [-0.2, 0) is 0 Å². The summed E-state index contributed by atoms with van der Waals surface area (Å²) in [6.45, 7) is 7.33. The van der Waals surface area contributed by atoms with Crippen molar-refractivity contribution in [1.29, 1.82) is 0 Å². The molecule has 18 heavy (non-hydrogen) atoms. The maximum absolute atomic E-state index is 4.38. The van der Waals surface area contributed by atoms with E-state index in [1.165, 1.54) is 6.42 Å². The van der Waals surface area contributed by atoms with Gasteiger partial charge in [0, 0.05) is 17.8 Å². The zero-order valence-corrected chi connectivity index (χ0v) is 11.2. The molecule has 2 aromatic rings. The third kappa shape index (κ3) is 2.88. The van der Waals surface area contributed by atoms with Crippen molar-refractivity contribution >= 4 is 5.69 Å². The number of aromatic nitrogens is 3. The topological polar surface area (TPSA) is 53.6 Å². The van der Waals surface area contributed by atoms with Crippen LogP contribution in [0.15, 0.2) is 24.3 Å². The van der Waals surface area contributed by atoms with E-state index in [1.54, 1.807) is 0 Å². The fourth-order valence-electron chi connectivity index (χ4n) is 1.72. The Morgan fingerprint density at radius 2 is 2.11 bits per heavy atom. The standard InChI is InChI=1S/C14H20N4/c1-4-10(2)9-15-13-8-6-5-7-12(13)14-16-11(3)17-18-14/h5-8,10,15H,4,9H2,1-3H3,(H,16,17,18). The van der Waals surface area contributed by atoms with Crippen LogP contribution >= 0.6 is 0 Å². The summed E-state index contributed by atoms with van der Waals surface area (Å²) in [6, 6.07) is 8.16. The summed E-state index contributed by atoms with van der Waals surface area (Å²) in [4.78, 5) is 4.38. The molecule has 0 bridgehead atoms. The highest BCUT2D eigenvalue weighted by Gasteiger charge is 2.09. The fourth-order valence-corrected chi connectivity index (χ4v) is 1.72. The number of H-pyrrole nitrogens is 1. The van der Waals surface area contributed by atoms with Gasteiger partial charge in [-0.05, 0) is 25.0 Å². The second-order valence-electron chi connectivity index (χ2n) is 4.68. The van der Waals surface area contributed by atoms with Gasteiger partial charge in [-0.15, -0.1) is 0 Å². The van der Waals surface area contributed by atoms with Gasteiger partial charge in [-0.1, -0.05) is 32.4 Å². The molecule has 2 rings (SSSR count). The lowest BCUT2D eigenvalue weighted by atomic mass is 10.1. The first-order chi connectivity index (χ1) is 8.70. The molecule has 1 heterocycles. The molecule has 1 atom stereocenters. The third-order valence-corrected chi connectivity index (χ3v) is 3.10. The Kier molecular flexibility index (Phi) is 3.97. The van der Waals surface area contributed by atoms with E-state index in [4.69, 9.17) is 0 Å². The first kappa shape index (κ1) is 12.6. The second kappa shape index (κ2) is 5.67. The molecule has 1 unspecified atom stereocenters. The summed E-state index contributed by atoms with van der Waals surface area (Å²) in [7, 11) is 0. The number of aryl methyl sites for hydroxylation is 1. The Labute approximate surface area is 108 Å². The zero-order valence-electron chi connectivity index (χ0n) is 11.2. The number of benzene rings is 1. The van der Waals surface area contributed by atoms with Gasteiger partial charge >= 0.3 is 0 Å². The highest BCUT2D eigenvalue weighted by molar-refractivity contribution is 5.73. The van der Waals surface area contributed by atoms with E-state index < -0.39 is 0 Å². The predicted octanol–water partition coefficient (Wildman–Crippen LogP) is 3.24.